The lowest BCUT2D eigenvalue weighted by Gasteiger charge is -2.30. The minimum Gasteiger partial charge on any atom is -0.444 e. The molecule has 0 atom stereocenters. The molecular formula is C18H19BrFN5O2. The third-order valence-corrected chi connectivity index (χ3v) is 4.93. The second kappa shape index (κ2) is 6.33. The Morgan fingerprint density at radius 3 is 2.85 bits per heavy atom. The average molecular weight is 436 g/mol. The first-order valence-corrected chi connectivity index (χ1v) is 9.39. The van der Waals surface area contributed by atoms with E-state index in [-0.39, 0.29) is 12.6 Å². The molecule has 1 N–H and O–H groups in total. The van der Waals surface area contributed by atoms with Crippen molar-refractivity contribution in [1.82, 2.24) is 24.6 Å². The van der Waals surface area contributed by atoms with E-state index in [2.05, 4.69) is 31.0 Å². The van der Waals surface area contributed by atoms with E-state index in [0.29, 0.717) is 39.9 Å². The van der Waals surface area contributed by atoms with Crippen LogP contribution in [0.3, 0.4) is 0 Å². The first-order valence-electron chi connectivity index (χ1n) is 8.59. The van der Waals surface area contributed by atoms with Crippen LogP contribution in [-0.2, 0) is 17.8 Å². The highest BCUT2D eigenvalue weighted by Gasteiger charge is 2.31. The number of aromatic amines is 1. The maximum absolute atomic E-state index is 14.7. The zero-order valence-electron chi connectivity index (χ0n) is 15.2. The van der Waals surface area contributed by atoms with Crippen LogP contribution in [0.5, 0.6) is 0 Å². The summed E-state index contributed by atoms with van der Waals surface area (Å²) in [6, 6.07) is 1.78. The molecule has 0 fully saturated rings. The van der Waals surface area contributed by atoms with Gasteiger partial charge in [-0.1, -0.05) is 0 Å². The second-order valence-electron chi connectivity index (χ2n) is 7.46. The number of rotatable bonds is 1. The highest BCUT2D eigenvalue weighted by Crippen LogP contribution is 2.38. The van der Waals surface area contributed by atoms with Crippen LogP contribution in [0.1, 0.15) is 26.5 Å². The topological polar surface area (TPSA) is 76.0 Å². The van der Waals surface area contributed by atoms with Gasteiger partial charge in [-0.15, -0.1) is 0 Å². The molecule has 142 valence electrons. The van der Waals surface area contributed by atoms with Crippen LogP contribution >= 0.6 is 15.9 Å². The van der Waals surface area contributed by atoms with E-state index in [0.717, 1.165) is 5.69 Å². The van der Waals surface area contributed by atoms with E-state index in [9.17, 15) is 9.18 Å². The molecule has 1 amide bonds. The van der Waals surface area contributed by atoms with Gasteiger partial charge in [0.05, 0.1) is 25.0 Å². The van der Waals surface area contributed by atoms with Gasteiger partial charge in [0.2, 0.25) is 0 Å². The van der Waals surface area contributed by atoms with E-state index >= 15 is 0 Å². The molecule has 0 bridgehead atoms. The molecule has 0 aliphatic carbocycles. The monoisotopic (exact) mass is 435 g/mol. The molecular weight excluding hydrogens is 417 g/mol. The molecule has 0 spiro atoms. The Hall–Kier alpha value is -2.42. The number of aromatic nitrogens is 4. The number of carbonyl (C=O) groups excluding carboxylic acids is 1. The highest BCUT2D eigenvalue weighted by atomic mass is 79.9. The second-order valence-corrected chi connectivity index (χ2v) is 8.21. The van der Waals surface area contributed by atoms with E-state index in [1.807, 2.05) is 20.8 Å². The van der Waals surface area contributed by atoms with Crippen LogP contribution in [-0.4, -0.2) is 42.9 Å². The summed E-state index contributed by atoms with van der Waals surface area (Å²) < 4.78 is 22.6. The Morgan fingerprint density at radius 1 is 1.33 bits per heavy atom. The van der Waals surface area contributed by atoms with Crippen molar-refractivity contribution in [1.29, 1.82) is 0 Å². The molecule has 3 aromatic heterocycles. The predicted octanol–water partition coefficient (Wildman–Crippen LogP) is 4.08. The van der Waals surface area contributed by atoms with Gasteiger partial charge in [0.1, 0.15) is 21.7 Å². The fourth-order valence-electron chi connectivity index (χ4n) is 3.25. The molecule has 0 saturated heterocycles. The quantitative estimate of drug-likeness (QED) is 0.624. The van der Waals surface area contributed by atoms with Crippen LogP contribution in [0.2, 0.25) is 0 Å². The average Bonchev–Trinajstić information content (AvgIpc) is 3.17. The lowest BCUT2D eigenvalue weighted by atomic mass is 10.0. The van der Waals surface area contributed by atoms with Crippen molar-refractivity contribution in [3.63, 3.8) is 0 Å². The van der Waals surface area contributed by atoms with Gasteiger partial charge in [0, 0.05) is 29.3 Å². The summed E-state index contributed by atoms with van der Waals surface area (Å²) in [7, 11) is 0. The Labute approximate surface area is 163 Å². The highest BCUT2D eigenvalue weighted by molar-refractivity contribution is 9.10. The lowest BCUT2D eigenvalue weighted by molar-refractivity contribution is 0.0195. The molecule has 1 aliphatic rings. The number of ether oxygens (including phenoxy) is 1. The van der Waals surface area contributed by atoms with Crippen molar-refractivity contribution in [2.75, 3.05) is 6.54 Å². The van der Waals surface area contributed by atoms with Crippen molar-refractivity contribution in [2.24, 2.45) is 0 Å². The largest absolute Gasteiger partial charge is 0.444 e. The normalized spacial score (nSPS) is 14.5. The molecule has 0 saturated carbocycles. The van der Waals surface area contributed by atoms with E-state index < -0.39 is 11.4 Å². The zero-order valence-corrected chi connectivity index (χ0v) is 16.8. The first kappa shape index (κ1) is 18.0. The molecule has 0 radical (unpaired) electrons. The van der Waals surface area contributed by atoms with Crippen LogP contribution < -0.4 is 0 Å². The van der Waals surface area contributed by atoms with Gasteiger partial charge in [0.25, 0.3) is 0 Å². The number of halogens is 2. The van der Waals surface area contributed by atoms with Crippen LogP contribution in [0.4, 0.5) is 9.18 Å². The fourth-order valence-corrected chi connectivity index (χ4v) is 3.87. The summed E-state index contributed by atoms with van der Waals surface area (Å²) in [5, 5.41) is 5.15. The summed E-state index contributed by atoms with van der Waals surface area (Å²) in [5.74, 6) is -0.437. The molecule has 4 heterocycles. The van der Waals surface area contributed by atoms with Crippen LogP contribution in [0, 0.1) is 5.82 Å². The standard InChI is InChI=1S/C18H19BrFN5O2/c1-18(2,3)27-17(26)24-6-7-25-12(9-24)14(15(19)23-25)13-10-4-5-21-16(10)22-8-11(13)20/h4-5,8H,6-7,9H2,1-3H3,(H,21,22). The minimum absolute atomic E-state index is 0.288. The number of carbonyl (C=O) groups is 1. The maximum atomic E-state index is 14.7. The molecule has 0 unspecified atom stereocenters. The van der Waals surface area contributed by atoms with Crippen LogP contribution in [0.15, 0.2) is 23.1 Å². The number of H-pyrrole nitrogens is 1. The summed E-state index contributed by atoms with van der Waals surface area (Å²) >= 11 is 3.46. The zero-order chi connectivity index (χ0) is 19.3. The van der Waals surface area contributed by atoms with E-state index in [1.165, 1.54) is 6.20 Å². The van der Waals surface area contributed by atoms with Gasteiger partial charge in [-0.2, -0.15) is 5.10 Å². The van der Waals surface area contributed by atoms with Crippen molar-refractivity contribution in [3.05, 3.63) is 34.6 Å². The van der Waals surface area contributed by atoms with Gasteiger partial charge in [-0.25, -0.2) is 14.2 Å². The van der Waals surface area contributed by atoms with Gasteiger partial charge in [-0.3, -0.25) is 4.68 Å². The molecule has 7 nitrogen and oxygen atoms in total. The summed E-state index contributed by atoms with van der Waals surface area (Å²) in [6.07, 6.45) is 2.52. The van der Waals surface area contributed by atoms with E-state index in [1.54, 1.807) is 21.8 Å². The van der Waals surface area contributed by atoms with Gasteiger partial charge >= 0.3 is 6.09 Å². The number of hydrogen-bond donors (Lipinski definition) is 1. The first-order chi connectivity index (χ1) is 12.7. The van der Waals surface area contributed by atoms with Crippen molar-refractivity contribution < 1.29 is 13.9 Å². The van der Waals surface area contributed by atoms with Crippen molar-refractivity contribution in [3.8, 4) is 11.1 Å². The number of nitrogens with one attached hydrogen (secondary N) is 1. The molecule has 1 aliphatic heterocycles. The third kappa shape index (κ3) is 3.20. The summed E-state index contributed by atoms with van der Waals surface area (Å²) in [6.45, 7) is 6.77. The Kier molecular flexibility index (Phi) is 4.21. The fraction of sp³-hybridized carbons (Fsp3) is 0.389. The van der Waals surface area contributed by atoms with Gasteiger partial charge < -0.3 is 14.6 Å². The number of amides is 1. The number of hydrogen-bond acceptors (Lipinski definition) is 4. The molecule has 3 aromatic rings. The maximum Gasteiger partial charge on any atom is 0.410 e. The Balaban J connectivity index is 1.78. The molecule has 9 heteroatoms. The lowest BCUT2D eigenvalue weighted by Crippen LogP contribution is -2.41. The smallest absolute Gasteiger partial charge is 0.410 e. The Morgan fingerprint density at radius 2 is 2.11 bits per heavy atom. The van der Waals surface area contributed by atoms with Gasteiger partial charge in [0.15, 0.2) is 0 Å². The predicted molar refractivity (Wildman–Crippen MR) is 102 cm³/mol. The summed E-state index contributed by atoms with van der Waals surface area (Å²) in [5.41, 5.74) is 1.82. The molecule has 4 rings (SSSR count). The van der Waals surface area contributed by atoms with Crippen molar-refractivity contribution in [2.45, 2.75) is 39.5 Å². The number of pyridine rings is 1. The van der Waals surface area contributed by atoms with E-state index in [4.69, 9.17) is 4.74 Å². The van der Waals surface area contributed by atoms with Crippen LogP contribution in [0.25, 0.3) is 22.2 Å². The third-order valence-electron chi connectivity index (χ3n) is 4.38. The minimum atomic E-state index is -0.577. The Bertz CT molecular complexity index is 1040. The summed E-state index contributed by atoms with van der Waals surface area (Å²) in [4.78, 5) is 21.2. The van der Waals surface area contributed by atoms with Gasteiger partial charge in [-0.05, 0) is 42.8 Å². The van der Waals surface area contributed by atoms with Crippen molar-refractivity contribution >= 4 is 33.1 Å². The molecule has 0 aromatic carbocycles. The number of nitrogens with zero attached hydrogens (tertiary/aromatic N) is 4. The number of fused-ring (bicyclic) bond motifs is 2. The SMILES string of the molecule is CC(C)(C)OC(=O)N1CCn2nc(Br)c(-c3c(F)cnc4[nH]ccc34)c2C1. The molecule has 27 heavy (non-hydrogen) atoms.